The average Bonchev–Trinajstić information content (AvgIpc) is 3.28. The first-order valence-corrected chi connectivity index (χ1v) is 11.6. The van der Waals surface area contributed by atoms with Crippen LogP contribution < -0.4 is 15.0 Å². The minimum Gasteiger partial charge on any atom is -0.489 e. The molecule has 2 amide bonds. The average molecular weight is 471 g/mol. The molecular formula is C27H26N4O4. The second-order valence-electron chi connectivity index (χ2n) is 8.98. The van der Waals surface area contributed by atoms with Gasteiger partial charge in [-0.15, -0.1) is 0 Å². The van der Waals surface area contributed by atoms with Crippen LogP contribution >= 0.6 is 0 Å². The number of likely N-dealkylation sites (N-methyl/N-ethyl adjacent to an activating group) is 1. The summed E-state index contributed by atoms with van der Waals surface area (Å²) in [7, 11) is 1.64. The SMILES string of the molecule is CN1C(=O)C(NC(=O)n2cc(Cc3ccccc3)cn2)COc2ccc(C#CC3(O)CCC3)cc21. The Morgan fingerprint density at radius 2 is 2.03 bits per heavy atom. The van der Waals surface area contributed by atoms with Crippen LogP contribution in [0.4, 0.5) is 10.5 Å². The Kier molecular flexibility index (Phi) is 6.01. The van der Waals surface area contributed by atoms with Crippen molar-refractivity contribution in [3.63, 3.8) is 0 Å². The van der Waals surface area contributed by atoms with Crippen LogP contribution in [0.1, 0.15) is 36.0 Å². The number of hydrogen-bond acceptors (Lipinski definition) is 5. The van der Waals surface area contributed by atoms with Gasteiger partial charge in [0.25, 0.3) is 5.91 Å². The van der Waals surface area contributed by atoms with Crippen LogP contribution in [-0.4, -0.2) is 52.1 Å². The Balaban J connectivity index is 1.27. The highest BCUT2D eigenvalue weighted by Gasteiger charge is 2.33. The van der Waals surface area contributed by atoms with E-state index in [1.165, 1.54) is 9.58 Å². The fraction of sp³-hybridized carbons (Fsp3) is 0.296. The first-order valence-electron chi connectivity index (χ1n) is 11.6. The molecule has 0 bridgehead atoms. The van der Waals surface area contributed by atoms with Crippen molar-refractivity contribution >= 4 is 17.6 Å². The fourth-order valence-electron chi connectivity index (χ4n) is 4.11. The van der Waals surface area contributed by atoms with Crippen molar-refractivity contribution < 1.29 is 19.4 Å². The number of rotatable bonds is 3. The number of anilines is 1. The van der Waals surface area contributed by atoms with Gasteiger partial charge in [-0.3, -0.25) is 4.79 Å². The number of carbonyl (C=O) groups excluding carboxylic acids is 2. The van der Waals surface area contributed by atoms with Crippen molar-refractivity contribution in [2.24, 2.45) is 0 Å². The van der Waals surface area contributed by atoms with E-state index in [1.54, 1.807) is 37.6 Å². The minimum atomic E-state index is -0.909. The summed E-state index contributed by atoms with van der Waals surface area (Å²) >= 11 is 0. The van der Waals surface area contributed by atoms with E-state index in [-0.39, 0.29) is 12.5 Å². The molecular weight excluding hydrogens is 444 g/mol. The lowest BCUT2D eigenvalue weighted by Crippen LogP contribution is -2.50. The molecule has 1 saturated carbocycles. The molecule has 2 N–H and O–H groups in total. The van der Waals surface area contributed by atoms with E-state index in [0.29, 0.717) is 36.3 Å². The molecule has 8 nitrogen and oxygen atoms in total. The van der Waals surface area contributed by atoms with Crippen LogP contribution in [0, 0.1) is 11.8 Å². The maximum Gasteiger partial charge on any atom is 0.342 e. The molecule has 1 unspecified atom stereocenters. The van der Waals surface area contributed by atoms with Crippen molar-refractivity contribution in [1.29, 1.82) is 0 Å². The summed E-state index contributed by atoms with van der Waals surface area (Å²) in [6.07, 6.45) is 6.28. The molecule has 178 valence electrons. The minimum absolute atomic E-state index is 0.00910. The summed E-state index contributed by atoms with van der Waals surface area (Å²) in [6, 6.07) is 13.8. The van der Waals surface area contributed by atoms with Gasteiger partial charge < -0.3 is 20.1 Å². The molecule has 3 aromatic rings. The lowest BCUT2D eigenvalue weighted by molar-refractivity contribution is -0.120. The molecule has 2 heterocycles. The predicted octanol–water partition coefficient (Wildman–Crippen LogP) is 2.72. The monoisotopic (exact) mass is 470 g/mol. The molecule has 1 atom stereocenters. The van der Waals surface area contributed by atoms with Gasteiger partial charge in [-0.2, -0.15) is 9.78 Å². The lowest BCUT2D eigenvalue weighted by atomic mass is 9.81. The molecule has 2 aliphatic rings. The Morgan fingerprint density at radius 3 is 2.77 bits per heavy atom. The first-order chi connectivity index (χ1) is 16.9. The molecule has 8 heteroatoms. The van der Waals surface area contributed by atoms with Gasteiger partial charge in [0.2, 0.25) is 0 Å². The Hall–Kier alpha value is -4.09. The Bertz CT molecular complexity index is 1320. The van der Waals surface area contributed by atoms with Gasteiger partial charge in [0.05, 0.1) is 11.9 Å². The summed E-state index contributed by atoms with van der Waals surface area (Å²) in [5.41, 5.74) is 2.33. The molecule has 1 aliphatic carbocycles. The zero-order valence-electron chi connectivity index (χ0n) is 19.4. The van der Waals surface area contributed by atoms with E-state index < -0.39 is 17.7 Å². The van der Waals surface area contributed by atoms with E-state index in [1.807, 2.05) is 30.3 Å². The van der Waals surface area contributed by atoms with Gasteiger partial charge >= 0.3 is 6.03 Å². The van der Waals surface area contributed by atoms with E-state index in [2.05, 4.69) is 22.3 Å². The van der Waals surface area contributed by atoms with Gasteiger partial charge in [0, 0.05) is 25.2 Å². The Labute approximate surface area is 203 Å². The smallest absolute Gasteiger partial charge is 0.342 e. The van der Waals surface area contributed by atoms with Gasteiger partial charge in [-0.05, 0) is 48.6 Å². The number of ether oxygens (including phenoxy) is 1. The zero-order chi connectivity index (χ0) is 24.4. The van der Waals surface area contributed by atoms with Gasteiger partial charge in [-0.25, -0.2) is 4.79 Å². The van der Waals surface area contributed by atoms with Crippen molar-refractivity contribution in [3.8, 4) is 17.6 Å². The van der Waals surface area contributed by atoms with Crippen molar-refractivity contribution in [2.75, 3.05) is 18.6 Å². The number of carbonyl (C=O) groups is 2. The quantitative estimate of drug-likeness (QED) is 0.574. The summed E-state index contributed by atoms with van der Waals surface area (Å²) < 4.78 is 7.05. The van der Waals surface area contributed by atoms with Crippen LogP contribution in [0.15, 0.2) is 60.9 Å². The number of hydrogen-bond donors (Lipinski definition) is 2. The number of fused-ring (bicyclic) bond motifs is 1. The molecule has 0 spiro atoms. The lowest BCUT2D eigenvalue weighted by Gasteiger charge is -2.30. The fourth-order valence-corrected chi connectivity index (χ4v) is 4.11. The number of aliphatic hydroxyl groups is 1. The maximum absolute atomic E-state index is 13.1. The normalized spacial score (nSPS) is 18.3. The number of benzene rings is 2. The topological polar surface area (TPSA) is 96.7 Å². The zero-order valence-corrected chi connectivity index (χ0v) is 19.4. The molecule has 5 rings (SSSR count). The standard InChI is InChI=1S/C27H26N4O4/c1-30-23-15-20(10-13-27(34)11-5-12-27)8-9-24(23)35-18-22(25(30)32)29-26(33)31-17-21(16-28-31)14-19-6-3-2-4-7-19/h2-4,6-9,15-17,22,34H,5,11-12,14,18H2,1H3,(H,29,33). The third-order valence-corrected chi connectivity index (χ3v) is 6.37. The number of nitrogens with zero attached hydrogens (tertiary/aromatic N) is 3. The van der Waals surface area contributed by atoms with Crippen LogP contribution in [-0.2, 0) is 11.2 Å². The third kappa shape index (κ3) is 4.91. The van der Waals surface area contributed by atoms with Gasteiger partial charge in [0.1, 0.15) is 24.0 Å². The molecule has 35 heavy (non-hydrogen) atoms. The second kappa shape index (κ2) is 9.28. The molecule has 1 aliphatic heterocycles. The van der Waals surface area contributed by atoms with E-state index in [0.717, 1.165) is 17.5 Å². The highest BCUT2D eigenvalue weighted by atomic mass is 16.5. The highest BCUT2D eigenvalue weighted by Crippen LogP contribution is 2.33. The summed E-state index contributed by atoms with van der Waals surface area (Å²) in [5, 5.41) is 17.1. The van der Waals surface area contributed by atoms with Gasteiger partial charge in [0.15, 0.2) is 0 Å². The largest absolute Gasteiger partial charge is 0.489 e. The van der Waals surface area contributed by atoms with Crippen LogP contribution in [0.5, 0.6) is 5.75 Å². The summed E-state index contributed by atoms with van der Waals surface area (Å²) in [6.45, 7) is -0.00910. The summed E-state index contributed by atoms with van der Waals surface area (Å²) in [5.74, 6) is 6.14. The molecule has 1 aromatic heterocycles. The summed E-state index contributed by atoms with van der Waals surface area (Å²) in [4.78, 5) is 27.4. The highest BCUT2D eigenvalue weighted by molar-refractivity contribution is 6.00. The van der Waals surface area contributed by atoms with Crippen LogP contribution in [0.25, 0.3) is 0 Å². The van der Waals surface area contributed by atoms with Crippen molar-refractivity contribution in [2.45, 2.75) is 37.3 Å². The number of nitrogens with one attached hydrogen (secondary N) is 1. The van der Waals surface area contributed by atoms with Gasteiger partial charge in [-0.1, -0.05) is 42.2 Å². The van der Waals surface area contributed by atoms with E-state index in [4.69, 9.17) is 4.74 Å². The third-order valence-electron chi connectivity index (χ3n) is 6.37. The molecule has 0 radical (unpaired) electrons. The number of aromatic nitrogens is 2. The molecule has 2 aromatic carbocycles. The molecule has 0 saturated heterocycles. The Morgan fingerprint density at radius 1 is 1.23 bits per heavy atom. The van der Waals surface area contributed by atoms with Crippen LogP contribution in [0.2, 0.25) is 0 Å². The first kappa shape index (κ1) is 22.7. The maximum atomic E-state index is 13.1. The van der Waals surface area contributed by atoms with E-state index in [9.17, 15) is 14.7 Å². The van der Waals surface area contributed by atoms with Crippen molar-refractivity contribution in [1.82, 2.24) is 15.1 Å². The predicted molar refractivity (Wildman–Crippen MR) is 130 cm³/mol. The van der Waals surface area contributed by atoms with Crippen LogP contribution in [0.3, 0.4) is 0 Å². The molecule has 1 fully saturated rings. The second-order valence-corrected chi connectivity index (χ2v) is 8.98. The van der Waals surface area contributed by atoms with Crippen molar-refractivity contribution in [3.05, 3.63) is 77.6 Å². The number of amides is 2. The van der Waals surface area contributed by atoms with E-state index >= 15 is 0 Å².